The van der Waals surface area contributed by atoms with E-state index in [0.29, 0.717) is 29.8 Å². The normalized spacial score (nSPS) is 15.8. The van der Waals surface area contributed by atoms with Crippen LogP contribution in [-0.4, -0.2) is 27.0 Å². The molecule has 1 saturated carbocycles. The average molecular weight is 369 g/mol. The van der Waals surface area contributed by atoms with Crippen molar-refractivity contribution in [3.05, 3.63) is 42.0 Å². The quantitative estimate of drug-likeness (QED) is 0.713. The lowest BCUT2D eigenvalue weighted by Gasteiger charge is -2.17. The van der Waals surface area contributed by atoms with Crippen LogP contribution in [0.15, 0.2) is 35.1 Å². The molecule has 0 bridgehead atoms. The minimum atomic E-state index is -0.474. The van der Waals surface area contributed by atoms with Crippen molar-refractivity contribution in [1.82, 2.24) is 19.9 Å². The Morgan fingerprint density at radius 2 is 2.07 bits per heavy atom. The fraction of sp³-hybridized carbons (Fsp3) is 0.421. The van der Waals surface area contributed by atoms with Crippen molar-refractivity contribution in [3.8, 4) is 23.0 Å². The first-order valence-corrected chi connectivity index (χ1v) is 8.99. The van der Waals surface area contributed by atoms with Gasteiger partial charge in [-0.15, -0.1) is 0 Å². The smallest absolute Gasteiger partial charge is 0.258 e. The molecular formula is C19H23N5O3. The molecule has 1 aliphatic carbocycles. The van der Waals surface area contributed by atoms with Crippen LogP contribution in [0.2, 0.25) is 0 Å². The van der Waals surface area contributed by atoms with E-state index in [1.807, 2.05) is 31.4 Å². The highest BCUT2D eigenvalue weighted by Crippen LogP contribution is 2.37. The third-order valence-electron chi connectivity index (χ3n) is 4.93. The van der Waals surface area contributed by atoms with Gasteiger partial charge in [-0.3, -0.25) is 4.68 Å². The Bertz CT molecular complexity index is 927. The van der Waals surface area contributed by atoms with Crippen LogP contribution in [0.4, 0.5) is 0 Å². The van der Waals surface area contributed by atoms with E-state index in [1.165, 1.54) is 0 Å². The van der Waals surface area contributed by atoms with Gasteiger partial charge in [0.15, 0.2) is 17.3 Å². The third kappa shape index (κ3) is 3.52. The molecule has 1 aliphatic rings. The van der Waals surface area contributed by atoms with E-state index in [2.05, 4.69) is 15.2 Å². The van der Waals surface area contributed by atoms with Crippen molar-refractivity contribution in [1.29, 1.82) is 0 Å². The van der Waals surface area contributed by atoms with Crippen molar-refractivity contribution < 1.29 is 14.0 Å². The zero-order chi connectivity index (χ0) is 18.9. The lowest BCUT2D eigenvalue weighted by atomic mass is 9.99. The lowest BCUT2D eigenvalue weighted by molar-refractivity contribution is 0.284. The van der Waals surface area contributed by atoms with Crippen LogP contribution in [0.3, 0.4) is 0 Å². The number of methoxy groups -OCH3 is 1. The molecule has 8 heteroatoms. The maximum Gasteiger partial charge on any atom is 0.258 e. The maximum absolute atomic E-state index is 6.41. The van der Waals surface area contributed by atoms with Gasteiger partial charge < -0.3 is 19.7 Å². The van der Waals surface area contributed by atoms with Gasteiger partial charge in [0, 0.05) is 24.4 Å². The number of rotatable bonds is 6. The van der Waals surface area contributed by atoms with Crippen LogP contribution >= 0.6 is 0 Å². The molecule has 0 amide bonds. The molecule has 8 nitrogen and oxygen atoms in total. The minimum Gasteiger partial charge on any atom is -0.493 e. The monoisotopic (exact) mass is 369 g/mol. The van der Waals surface area contributed by atoms with Crippen LogP contribution in [0.1, 0.15) is 37.1 Å². The number of hydrogen-bond donors (Lipinski definition) is 1. The molecule has 2 N–H and O–H groups in total. The highest BCUT2D eigenvalue weighted by Gasteiger charge is 2.36. The van der Waals surface area contributed by atoms with Gasteiger partial charge >= 0.3 is 0 Å². The van der Waals surface area contributed by atoms with E-state index in [0.717, 1.165) is 36.8 Å². The second kappa shape index (κ2) is 7.03. The number of ether oxygens (including phenoxy) is 2. The van der Waals surface area contributed by atoms with Gasteiger partial charge in [-0.05, 0) is 31.0 Å². The molecule has 1 fully saturated rings. The van der Waals surface area contributed by atoms with E-state index in [4.69, 9.17) is 19.7 Å². The Morgan fingerprint density at radius 3 is 2.78 bits per heavy atom. The molecule has 0 radical (unpaired) electrons. The number of nitrogens with two attached hydrogens (primary N) is 1. The molecular weight excluding hydrogens is 346 g/mol. The van der Waals surface area contributed by atoms with Crippen LogP contribution < -0.4 is 15.2 Å². The fourth-order valence-electron chi connectivity index (χ4n) is 3.40. The van der Waals surface area contributed by atoms with Gasteiger partial charge in [0.25, 0.3) is 5.89 Å². The molecule has 0 aliphatic heterocycles. The summed E-state index contributed by atoms with van der Waals surface area (Å²) in [5, 5.41) is 8.24. The Kier molecular flexibility index (Phi) is 4.57. The number of nitrogens with zero attached hydrogens (tertiary/aromatic N) is 4. The number of hydrogen-bond acceptors (Lipinski definition) is 7. The van der Waals surface area contributed by atoms with Gasteiger partial charge in [-0.1, -0.05) is 18.0 Å². The predicted octanol–water partition coefficient (Wildman–Crippen LogP) is 2.79. The van der Waals surface area contributed by atoms with Crippen LogP contribution in [0.5, 0.6) is 11.5 Å². The highest BCUT2D eigenvalue weighted by molar-refractivity contribution is 5.59. The van der Waals surface area contributed by atoms with E-state index in [-0.39, 0.29) is 0 Å². The molecule has 1 aromatic carbocycles. The molecule has 27 heavy (non-hydrogen) atoms. The van der Waals surface area contributed by atoms with Crippen molar-refractivity contribution in [2.45, 2.75) is 37.8 Å². The largest absolute Gasteiger partial charge is 0.493 e. The van der Waals surface area contributed by atoms with Crippen LogP contribution in [-0.2, 0) is 19.2 Å². The first-order chi connectivity index (χ1) is 13.1. The van der Waals surface area contributed by atoms with Gasteiger partial charge in [0.05, 0.1) is 18.8 Å². The lowest BCUT2D eigenvalue weighted by Crippen LogP contribution is -2.34. The summed E-state index contributed by atoms with van der Waals surface area (Å²) < 4.78 is 18.5. The number of aryl methyl sites for hydroxylation is 1. The summed E-state index contributed by atoms with van der Waals surface area (Å²) in [5.74, 6) is 2.24. The fourth-order valence-corrected chi connectivity index (χ4v) is 3.40. The Labute approximate surface area is 157 Å². The number of aromatic nitrogens is 4. The molecule has 0 unspecified atom stereocenters. The molecule has 142 valence electrons. The first kappa shape index (κ1) is 17.5. The average Bonchev–Trinajstić information content (AvgIpc) is 3.41. The number of benzene rings is 1. The summed E-state index contributed by atoms with van der Waals surface area (Å²) in [4.78, 5) is 4.53. The van der Waals surface area contributed by atoms with Crippen molar-refractivity contribution in [2.24, 2.45) is 12.8 Å². The summed E-state index contributed by atoms with van der Waals surface area (Å²) in [6, 6.07) is 5.53. The van der Waals surface area contributed by atoms with E-state index in [1.54, 1.807) is 18.0 Å². The van der Waals surface area contributed by atoms with E-state index < -0.39 is 5.54 Å². The molecule has 2 heterocycles. The zero-order valence-electron chi connectivity index (χ0n) is 15.5. The Balaban J connectivity index is 1.53. The second-order valence-corrected chi connectivity index (χ2v) is 6.96. The van der Waals surface area contributed by atoms with Crippen molar-refractivity contribution in [2.75, 3.05) is 7.11 Å². The zero-order valence-corrected chi connectivity index (χ0v) is 15.5. The SMILES string of the molecule is COc1cc(-c2nc(C3(N)CCCC3)no2)ccc1OCc1cnn(C)c1. The van der Waals surface area contributed by atoms with Crippen LogP contribution in [0, 0.1) is 0 Å². The second-order valence-electron chi connectivity index (χ2n) is 6.96. The Hall–Kier alpha value is -2.87. The minimum absolute atomic E-state index is 0.407. The van der Waals surface area contributed by atoms with Gasteiger partial charge in [0.1, 0.15) is 6.61 Å². The molecule has 2 aromatic heterocycles. The van der Waals surface area contributed by atoms with Gasteiger partial charge in [0.2, 0.25) is 0 Å². The van der Waals surface area contributed by atoms with Crippen molar-refractivity contribution >= 4 is 0 Å². The molecule has 0 atom stereocenters. The summed E-state index contributed by atoms with van der Waals surface area (Å²) in [7, 11) is 3.47. The first-order valence-electron chi connectivity index (χ1n) is 8.99. The molecule has 0 spiro atoms. The highest BCUT2D eigenvalue weighted by atomic mass is 16.5. The summed E-state index contributed by atoms with van der Waals surface area (Å²) >= 11 is 0. The standard InChI is InChI=1S/C19H23N5O3/c1-24-11-13(10-21-24)12-26-15-6-5-14(9-16(15)25-2)17-22-18(23-27-17)19(20)7-3-4-8-19/h5-6,9-11H,3-4,7-8,12,20H2,1-2H3. The van der Waals surface area contributed by atoms with Crippen LogP contribution in [0.25, 0.3) is 11.5 Å². The predicted molar refractivity (Wildman–Crippen MR) is 98.2 cm³/mol. The van der Waals surface area contributed by atoms with Crippen molar-refractivity contribution in [3.63, 3.8) is 0 Å². The van der Waals surface area contributed by atoms with E-state index in [9.17, 15) is 0 Å². The molecule has 3 aromatic rings. The maximum atomic E-state index is 6.41. The topological polar surface area (TPSA) is 101 Å². The summed E-state index contributed by atoms with van der Waals surface area (Å²) in [6.07, 6.45) is 7.64. The third-order valence-corrected chi connectivity index (χ3v) is 4.93. The van der Waals surface area contributed by atoms with Gasteiger partial charge in [-0.25, -0.2) is 0 Å². The Morgan fingerprint density at radius 1 is 1.26 bits per heavy atom. The summed E-state index contributed by atoms with van der Waals surface area (Å²) in [5.41, 5.74) is 7.68. The van der Waals surface area contributed by atoms with E-state index >= 15 is 0 Å². The molecule has 4 rings (SSSR count). The molecule has 0 saturated heterocycles. The van der Waals surface area contributed by atoms with Gasteiger partial charge in [-0.2, -0.15) is 10.1 Å². The summed E-state index contributed by atoms with van der Waals surface area (Å²) in [6.45, 7) is 0.407.